The average molecular weight is 265 g/mol. The van der Waals surface area contributed by atoms with E-state index in [1.807, 2.05) is 26.8 Å². The van der Waals surface area contributed by atoms with Crippen LogP contribution in [0.2, 0.25) is 0 Å². The van der Waals surface area contributed by atoms with Crippen LogP contribution in [0.3, 0.4) is 0 Å². The second-order valence-corrected chi connectivity index (χ2v) is 5.40. The zero-order valence-corrected chi connectivity index (χ0v) is 12.0. The van der Waals surface area contributed by atoms with Crippen LogP contribution in [-0.2, 0) is 6.42 Å². The lowest BCUT2D eigenvalue weighted by molar-refractivity contribution is 0.373. The predicted molar refractivity (Wildman–Crippen MR) is 77.7 cm³/mol. The molecule has 0 radical (unpaired) electrons. The van der Waals surface area contributed by atoms with E-state index in [1.165, 1.54) is 7.11 Å². The molecule has 1 aromatic carbocycles. The first-order valence-electron chi connectivity index (χ1n) is 6.26. The Bertz CT molecular complexity index is 450. The fourth-order valence-electron chi connectivity index (χ4n) is 1.61. The number of phenolic OH excluding ortho intramolecular Hbond substituents is 1. The number of hydrogen-bond donors (Lipinski definition) is 3. The number of aromatic hydroxyl groups is 1. The van der Waals surface area contributed by atoms with Crippen molar-refractivity contribution in [3.63, 3.8) is 0 Å². The number of phenols is 1. The van der Waals surface area contributed by atoms with Crippen molar-refractivity contribution in [1.82, 2.24) is 5.32 Å². The van der Waals surface area contributed by atoms with Crippen LogP contribution in [-0.4, -0.2) is 30.3 Å². The molecular weight excluding hydrogens is 242 g/mol. The number of rotatable bonds is 4. The lowest BCUT2D eigenvalue weighted by Gasteiger charge is -2.20. The summed E-state index contributed by atoms with van der Waals surface area (Å²) in [5, 5.41) is 12.6. The third-order valence-electron chi connectivity index (χ3n) is 2.43. The van der Waals surface area contributed by atoms with E-state index in [2.05, 4.69) is 10.3 Å². The van der Waals surface area contributed by atoms with E-state index < -0.39 is 0 Å². The molecule has 0 saturated heterocycles. The first-order chi connectivity index (χ1) is 8.81. The Hall–Kier alpha value is -1.91. The molecule has 0 heterocycles. The molecule has 0 amide bonds. The largest absolute Gasteiger partial charge is 0.504 e. The lowest BCUT2D eigenvalue weighted by atomic mass is 10.1. The summed E-state index contributed by atoms with van der Waals surface area (Å²) < 4.78 is 5.06. The van der Waals surface area contributed by atoms with Crippen molar-refractivity contribution in [2.45, 2.75) is 32.7 Å². The van der Waals surface area contributed by atoms with E-state index >= 15 is 0 Å². The molecule has 1 aromatic rings. The third kappa shape index (κ3) is 5.50. The van der Waals surface area contributed by atoms with Crippen LogP contribution in [0, 0.1) is 0 Å². The number of nitrogens with two attached hydrogens (primary N) is 1. The highest BCUT2D eigenvalue weighted by Gasteiger charge is 2.09. The summed E-state index contributed by atoms with van der Waals surface area (Å²) in [5.74, 6) is 1.06. The number of guanidine groups is 1. The Labute approximate surface area is 114 Å². The Balaban J connectivity index is 2.55. The van der Waals surface area contributed by atoms with Gasteiger partial charge in [0.1, 0.15) is 0 Å². The van der Waals surface area contributed by atoms with Gasteiger partial charge in [0.2, 0.25) is 0 Å². The zero-order valence-electron chi connectivity index (χ0n) is 12.0. The highest BCUT2D eigenvalue weighted by Crippen LogP contribution is 2.26. The van der Waals surface area contributed by atoms with Gasteiger partial charge in [0.05, 0.1) is 7.11 Å². The first-order valence-corrected chi connectivity index (χ1v) is 6.26. The highest BCUT2D eigenvalue weighted by molar-refractivity contribution is 5.78. The molecule has 0 saturated carbocycles. The Morgan fingerprint density at radius 2 is 2.11 bits per heavy atom. The number of nitrogens with zero attached hydrogens (tertiary/aromatic N) is 1. The van der Waals surface area contributed by atoms with Crippen molar-refractivity contribution < 1.29 is 9.84 Å². The monoisotopic (exact) mass is 265 g/mol. The summed E-state index contributed by atoms with van der Waals surface area (Å²) >= 11 is 0. The van der Waals surface area contributed by atoms with E-state index in [1.54, 1.807) is 12.1 Å². The van der Waals surface area contributed by atoms with Gasteiger partial charge in [-0.1, -0.05) is 6.07 Å². The minimum Gasteiger partial charge on any atom is -0.504 e. The van der Waals surface area contributed by atoms with Crippen LogP contribution >= 0.6 is 0 Å². The van der Waals surface area contributed by atoms with Crippen LogP contribution in [0.5, 0.6) is 11.5 Å². The Morgan fingerprint density at radius 1 is 1.42 bits per heavy atom. The summed E-state index contributed by atoms with van der Waals surface area (Å²) in [5.41, 5.74) is 6.73. The van der Waals surface area contributed by atoms with Crippen LogP contribution in [0.4, 0.5) is 0 Å². The molecule has 0 aliphatic heterocycles. The van der Waals surface area contributed by atoms with Crippen molar-refractivity contribution in [3.8, 4) is 11.5 Å². The molecular formula is C14H23N3O2. The van der Waals surface area contributed by atoms with Gasteiger partial charge in [-0.05, 0) is 44.9 Å². The molecule has 0 spiro atoms. The van der Waals surface area contributed by atoms with E-state index in [4.69, 9.17) is 10.5 Å². The van der Waals surface area contributed by atoms with E-state index in [9.17, 15) is 5.11 Å². The van der Waals surface area contributed by atoms with Crippen molar-refractivity contribution >= 4 is 5.96 Å². The maximum Gasteiger partial charge on any atom is 0.188 e. The number of benzene rings is 1. The summed E-state index contributed by atoms with van der Waals surface area (Å²) in [7, 11) is 1.53. The molecule has 0 fully saturated rings. The van der Waals surface area contributed by atoms with E-state index in [-0.39, 0.29) is 11.3 Å². The normalized spacial score (nSPS) is 12.3. The maximum absolute atomic E-state index is 9.49. The average Bonchev–Trinajstić information content (AvgIpc) is 2.29. The Morgan fingerprint density at radius 3 is 2.68 bits per heavy atom. The number of methoxy groups -OCH3 is 1. The molecule has 5 heteroatoms. The van der Waals surface area contributed by atoms with Crippen LogP contribution < -0.4 is 15.8 Å². The second kappa shape index (κ2) is 6.31. The molecule has 106 valence electrons. The quantitative estimate of drug-likeness (QED) is 0.571. The smallest absolute Gasteiger partial charge is 0.188 e. The van der Waals surface area contributed by atoms with E-state index in [0.717, 1.165) is 12.0 Å². The number of hydrogen-bond acceptors (Lipinski definition) is 3. The molecule has 0 unspecified atom stereocenters. The van der Waals surface area contributed by atoms with Gasteiger partial charge in [-0.25, -0.2) is 0 Å². The predicted octanol–water partition coefficient (Wildman–Crippen LogP) is 1.65. The van der Waals surface area contributed by atoms with Gasteiger partial charge in [-0.2, -0.15) is 0 Å². The molecule has 0 aliphatic carbocycles. The summed E-state index contributed by atoms with van der Waals surface area (Å²) in [4.78, 5) is 4.26. The minimum absolute atomic E-state index is 0.0880. The fraction of sp³-hybridized carbons (Fsp3) is 0.500. The topological polar surface area (TPSA) is 79.9 Å². The number of ether oxygens (including phenoxy) is 1. The molecule has 19 heavy (non-hydrogen) atoms. The van der Waals surface area contributed by atoms with Crippen LogP contribution in [0.25, 0.3) is 0 Å². The van der Waals surface area contributed by atoms with Crippen molar-refractivity contribution in [3.05, 3.63) is 23.8 Å². The van der Waals surface area contributed by atoms with Crippen molar-refractivity contribution in [2.75, 3.05) is 13.7 Å². The molecule has 0 atom stereocenters. The van der Waals surface area contributed by atoms with Gasteiger partial charge in [0, 0.05) is 12.1 Å². The van der Waals surface area contributed by atoms with Gasteiger partial charge in [-0.3, -0.25) is 4.99 Å². The summed E-state index contributed by atoms with van der Waals surface area (Å²) in [6, 6.07) is 5.27. The van der Waals surface area contributed by atoms with Crippen LogP contribution in [0.1, 0.15) is 26.3 Å². The molecule has 4 N–H and O–H groups in total. The summed E-state index contributed by atoms with van der Waals surface area (Å²) in [6.45, 7) is 6.67. The standard InChI is InChI=1S/C14H23N3O2/c1-14(2,3)17-13(15)16-8-7-10-5-6-11(18)12(9-10)19-4/h5-6,9,18H,7-8H2,1-4H3,(H3,15,16,17). The lowest BCUT2D eigenvalue weighted by Crippen LogP contribution is -2.45. The Kier molecular flexibility index (Phi) is 5.03. The van der Waals surface area contributed by atoms with Gasteiger partial charge in [0.25, 0.3) is 0 Å². The molecule has 5 nitrogen and oxygen atoms in total. The van der Waals surface area contributed by atoms with Gasteiger partial charge in [0.15, 0.2) is 17.5 Å². The van der Waals surface area contributed by atoms with Crippen molar-refractivity contribution in [1.29, 1.82) is 0 Å². The van der Waals surface area contributed by atoms with E-state index in [0.29, 0.717) is 18.3 Å². The van der Waals surface area contributed by atoms with Crippen LogP contribution in [0.15, 0.2) is 23.2 Å². The SMILES string of the molecule is COc1cc(CCN=C(N)NC(C)(C)C)ccc1O. The maximum atomic E-state index is 9.49. The highest BCUT2D eigenvalue weighted by atomic mass is 16.5. The zero-order chi connectivity index (χ0) is 14.5. The van der Waals surface area contributed by atoms with Crippen molar-refractivity contribution in [2.24, 2.45) is 10.7 Å². The summed E-state index contributed by atoms with van der Waals surface area (Å²) in [6.07, 6.45) is 0.739. The molecule has 0 aliphatic rings. The molecule has 1 rings (SSSR count). The number of nitrogens with one attached hydrogen (secondary N) is 1. The third-order valence-corrected chi connectivity index (χ3v) is 2.43. The number of aliphatic imine (C=N–C) groups is 1. The molecule has 0 bridgehead atoms. The first kappa shape index (κ1) is 15.1. The van der Waals surface area contributed by atoms with Gasteiger partial charge < -0.3 is 20.9 Å². The van der Waals surface area contributed by atoms with Gasteiger partial charge in [-0.15, -0.1) is 0 Å². The fourth-order valence-corrected chi connectivity index (χ4v) is 1.61. The second-order valence-electron chi connectivity index (χ2n) is 5.40. The minimum atomic E-state index is -0.0880. The molecule has 0 aromatic heterocycles. The van der Waals surface area contributed by atoms with Gasteiger partial charge >= 0.3 is 0 Å².